The summed E-state index contributed by atoms with van der Waals surface area (Å²) in [5.74, 6) is 0.480. The van der Waals surface area contributed by atoms with Crippen molar-refractivity contribution in [2.24, 2.45) is 0 Å². The average Bonchev–Trinajstić information content (AvgIpc) is 2.61. The predicted octanol–water partition coefficient (Wildman–Crippen LogP) is 3.22. The Balaban J connectivity index is 2.04. The summed E-state index contributed by atoms with van der Waals surface area (Å²) in [6.07, 6.45) is 0. The fourth-order valence-electron chi connectivity index (χ4n) is 3.05. The Morgan fingerprint density at radius 2 is 1.21 bits per heavy atom. The summed E-state index contributed by atoms with van der Waals surface area (Å²) >= 11 is 6.27. The zero-order valence-electron chi connectivity index (χ0n) is 14.5. The van der Waals surface area contributed by atoms with Crippen LogP contribution in [-0.2, 0) is 13.1 Å². The van der Waals surface area contributed by atoms with Gasteiger partial charge in [0.1, 0.15) is 0 Å². The first kappa shape index (κ1) is 18.9. The zero-order chi connectivity index (χ0) is 17.4. The largest absolute Gasteiger partial charge is 0.395 e. The van der Waals surface area contributed by atoms with Gasteiger partial charge in [-0.05, 0) is 25.2 Å². The fraction of sp³-hybridized carbons (Fsp3) is 0.400. The van der Waals surface area contributed by atoms with Crippen molar-refractivity contribution < 1.29 is 5.11 Å². The van der Waals surface area contributed by atoms with Crippen molar-refractivity contribution in [2.75, 3.05) is 26.6 Å². The van der Waals surface area contributed by atoms with E-state index in [0.717, 1.165) is 13.1 Å². The second-order valence-corrected chi connectivity index (χ2v) is 6.58. The quantitative estimate of drug-likeness (QED) is 0.706. The Morgan fingerprint density at radius 1 is 0.792 bits per heavy atom. The van der Waals surface area contributed by atoms with Crippen molar-refractivity contribution in [3.63, 3.8) is 0 Å². The molecular weight excluding hydrogens is 320 g/mol. The van der Waals surface area contributed by atoms with Gasteiger partial charge in [-0.3, -0.25) is 9.80 Å². The molecule has 0 radical (unpaired) electrons. The van der Waals surface area contributed by atoms with Gasteiger partial charge in [0, 0.05) is 31.1 Å². The minimum absolute atomic E-state index is 0.0172. The van der Waals surface area contributed by atoms with E-state index in [1.165, 1.54) is 11.1 Å². The van der Waals surface area contributed by atoms with Crippen molar-refractivity contribution in [1.29, 1.82) is 0 Å². The molecule has 0 fully saturated rings. The molecule has 0 aliphatic carbocycles. The Hall–Kier alpha value is -1.39. The van der Waals surface area contributed by atoms with Gasteiger partial charge < -0.3 is 5.11 Å². The Kier molecular flexibility index (Phi) is 7.73. The lowest BCUT2D eigenvalue weighted by Gasteiger charge is -2.37. The first-order chi connectivity index (χ1) is 11.7. The van der Waals surface area contributed by atoms with Crippen LogP contribution in [0.2, 0.25) is 0 Å². The molecule has 2 aromatic rings. The van der Waals surface area contributed by atoms with Gasteiger partial charge in [0.05, 0.1) is 6.61 Å². The first-order valence-corrected chi connectivity index (χ1v) is 8.84. The van der Waals surface area contributed by atoms with Crippen LogP contribution in [0.1, 0.15) is 11.1 Å². The fourth-order valence-corrected chi connectivity index (χ4v) is 3.49. The molecule has 2 rings (SSSR count). The molecule has 2 atom stereocenters. The maximum absolute atomic E-state index is 9.96. The maximum atomic E-state index is 9.96. The van der Waals surface area contributed by atoms with Gasteiger partial charge in [-0.25, -0.2) is 0 Å². The summed E-state index contributed by atoms with van der Waals surface area (Å²) in [4.78, 5) is 4.41. The summed E-state index contributed by atoms with van der Waals surface area (Å²) in [6.45, 7) is 1.69. The molecule has 0 heterocycles. The summed E-state index contributed by atoms with van der Waals surface area (Å²) in [6, 6.07) is 20.7. The van der Waals surface area contributed by atoms with Crippen LogP contribution in [0.15, 0.2) is 60.7 Å². The van der Waals surface area contributed by atoms with Crippen molar-refractivity contribution in [3.05, 3.63) is 71.8 Å². The van der Waals surface area contributed by atoms with Crippen molar-refractivity contribution >= 4 is 11.6 Å². The number of rotatable bonds is 9. The van der Waals surface area contributed by atoms with Crippen LogP contribution in [-0.4, -0.2) is 53.6 Å². The van der Waals surface area contributed by atoms with Gasteiger partial charge >= 0.3 is 0 Å². The highest BCUT2D eigenvalue weighted by Crippen LogP contribution is 2.16. The highest BCUT2D eigenvalue weighted by atomic mass is 35.5. The van der Waals surface area contributed by atoms with Crippen LogP contribution in [0.3, 0.4) is 0 Å². The van der Waals surface area contributed by atoms with Crippen LogP contribution in [0, 0.1) is 0 Å². The van der Waals surface area contributed by atoms with E-state index in [0.29, 0.717) is 5.88 Å². The molecule has 0 spiro atoms. The van der Waals surface area contributed by atoms with Crippen LogP contribution in [0.25, 0.3) is 0 Å². The van der Waals surface area contributed by atoms with Gasteiger partial charge in [-0.15, -0.1) is 11.6 Å². The molecule has 0 bridgehead atoms. The average molecular weight is 347 g/mol. The lowest BCUT2D eigenvalue weighted by molar-refractivity contribution is 0.0678. The first-order valence-electron chi connectivity index (χ1n) is 8.31. The van der Waals surface area contributed by atoms with Crippen molar-refractivity contribution in [2.45, 2.75) is 25.2 Å². The topological polar surface area (TPSA) is 26.7 Å². The Labute approximate surface area is 150 Å². The SMILES string of the molecule is CN(Cc1ccccc1)C(CO)C(CCl)N(C)Cc1ccccc1. The second kappa shape index (κ2) is 9.80. The van der Waals surface area contributed by atoms with Gasteiger partial charge in [-0.2, -0.15) is 0 Å². The third-order valence-electron chi connectivity index (χ3n) is 4.47. The van der Waals surface area contributed by atoms with Gasteiger partial charge in [-0.1, -0.05) is 60.7 Å². The molecule has 4 heteroatoms. The smallest absolute Gasteiger partial charge is 0.0602 e. The highest BCUT2D eigenvalue weighted by Gasteiger charge is 2.27. The van der Waals surface area contributed by atoms with Gasteiger partial charge in [0.25, 0.3) is 0 Å². The number of hydrogen-bond acceptors (Lipinski definition) is 3. The standard InChI is InChI=1S/C20H27ClN2O/c1-22(14-17-9-5-3-6-10-17)19(13-21)20(16-24)23(2)15-18-11-7-4-8-12-18/h3-12,19-20,24H,13-16H2,1-2H3. The molecule has 3 nitrogen and oxygen atoms in total. The molecule has 0 aromatic heterocycles. The van der Waals surface area contributed by atoms with Crippen LogP contribution < -0.4 is 0 Å². The lowest BCUT2D eigenvalue weighted by Crippen LogP contribution is -2.51. The third kappa shape index (κ3) is 5.32. The number of hydrogen-bond donors (Lipinski definition) is 1. The van der Waals surface area contributed by atoms with E-state index in [4.69, 9.17) is 11.6 Å². The molecule has 1 N–H and O–H groups in total. The number of halogens is 1. The van der Waals surface area contributed by atoms with Gasteiger partial charge in [0.15, 0.2) is 0 Å². The van der Waals surface area contributed by atoms with E-state index in [-0.39, 0.29) is 18.7 Å². The van der Waals surface area contributed by atoms with E-state index >= 15 is 0 Å². The van der Waals surface area contributed by atoms with Crippen LogP contribution in [0.5, 0.6) is 0 Å². The summed E-state index contributed by atoms with van der Waals surface area (Å²) in [5.41, 5.74) is 2.48. The Morgan fingerprint density at radius 3 is 1.58 bits per heavy atom. The molecule has 0 saturated carbocycles. The molecule has 0 aliphatic rings. The molecule has 0 aliphatic heterocycles. The van der Waals surface area contributed by atoms with Crippen LogP contribution >= 0.6 is 11.6 Å². The normalized spacial score (nSPS) is 14.1. The monoisotopic (exact) mass is 346 g/mol. The molecule has 2 unspecified atom stereocenters. The highest BCUT2D eigenvalue weighted by molar-refractivity contribution is 6.18. The molecule has 0 amide bonds. The number of likely N-dealkylation sites (N-methyl/N-ethyl adjacent to an activating group) is 2. The number of aliphatic hydroxyl groups is 1. The molecule has 24 heavy (non-hydrogen) atoms. The van der Waals surface area contributed by atoms with E-state index in [9.17, 15) is 5.11 Å². The summed E-state index contributed by atoms with van der Waals surface area (Å²) in [7, 11) is 4.11. The van der Waals surface area contributed by atoms with Crippen molar-refractivity contribution in [1.82, 2.24) is 9.80 Å². The summed E-state index contributed by atoms with van der Waals surface area (Å²) in [5, 5.41) is 9.96. The van der Waals surface area contributed by atoms with E-state index < -0.39 is 0 Å². The van der Waals surface area contributed by atoms with E-state index in [2.05, 4.69) is 41.1 Å². The minimum atomic E-state index is -0.0172. The molecule has 2 aromatic carbocycles. The molecular formula is C20H27ClN2O. The summed E-state index contributed by atoms with van der Waals surface area (Å²) < 4.78 is 0. The minimum Gasteiger partial charge on any atom is -0.395 e. The number of alkyl halides is 1. The van der Waals surface area contributed by atoms with Crippen molar-refractivity contribution in [3.8, 4) is 0 Å². The third-order valence-corrected chi connectivity index (χ3v) is 4.79. The molecule has 130 valence electrons. The van der Waals surface area contributed by atoms with Crippen LogP contribution in [0.4, 0.5) is 0 Å². The molecule has 0 saturated heterocycles. The number of aliphatic hydroxyl groups excluding tert-OH is 1. The zero-order valence-corrected chi connectivity index (χ0v) is 15.2. The van der Waals surface area contributed by atoms with E-state index in [1.54, 1.807) is 0 Å². The Bertz CT molecular complexity index is 525. The van der Waals surface area contributed by atoms with Gasteiger partial charge in [0.2, 0.25) is 0 Å². The number of nitrogens with zero attached hydrogens (tertiary/aromatic N) is 2. The number of benzene rings is 2. The lowest BCUT2D eigenvalue weighted by atomic mass is 10.1. The predicted molar refractivity (Wildman–Crippen MR) is 101 cm³/mol. The van der Waals surface area contributed by atoms with E-state index in [1.807, 2.05) is 43.4 Å². The second-order valence-electron chi connectivity index (χ2n) is 6.27. The maximum Gasteiger partial charge on any atom is 0.0602 e.